The zero-order valence-corrected chi connectivity index (χ0v) is 33.2. The van der Waals surface area contributed by atoms with Crippen LogP contribution in [0, 0.1) is 11.5 Å². The first-order chi connectivity index (χ1) is 27.2. The Bertz CT molecular complexity index is 2150. The number of hydrogen-bond donors (Lipinski definition) is 3. The molecule has 2 aliphatic rings. The van der Waals surface area contributed by atoms with Crippen molar-refractivity contribution in [3.8, 4) is 23.1 Å². The zero-order chi connectivity index (χ0) is 41.3. The van der Waals surface area contributed by atoms with Gasteiger partial charge in [-0.3, -0.25) is 29.4 Å². The monoisotopic (exact) mass is 798 g/mol. The van der Waals surface area contributed by atoms with E-state index in [2.05, 4.69) is 20.8 Å². The quantitative estimate of drug-likeness (QED) is 0.0297. The third-order valence-electron chi connectivity index (χ3n) is 8.59. The molecule has 0 spiro atoms. The summed E-state index contributed by atoms with van der Waals surface area (Å²) in [4.78, 5) is 75.0. The molecular weight excluding hydrogens is 755 g/mol. The molecule has 0 saturated carbocycles. The van der Waals surface area contributed by atoms with E-state index in [0.29, 0.717) is 33.9 Å². The summed E-state index contributed by atoms with van der Waals surface area (Å²) in [5.74, 6) is -2.21. The number of aromatic nitrogens is 2. The number of aromatic amines is 1. The Morgan fingerprint density at radius 2 is 1.84 bits per heavy atom. The van der Waals surface area contributed by atoms with Crippen molar-refractivity contribution >= 4 is 52.7 Å². The van der Waals surface area contributed by atoms with Crippen molar-refractivity contribution in [1.29, 1.82) is 5.26 Å². The zero-order valence-electron chi connectivity index (χ0n) is 32.4. The summed E-state index contributed by atoms with van der Waals surface area (Å²) in [6, 6.07) is 11.7. The number of ether oxygens (including phenoxy) is 3. The number of nitrogens with zero attached hydrogens (tertiary/aromatic N) is 4. The van der Waals surface area contributed by atoms with Crippen molar-refractivity contribution in [3.63, 3.8) is 0 Å². The van der Waals surface area contributed by atoms with E-state index in [1.54, 1.807) is 78.4 Å². The normalized spacial score (nSPS) is 16.8. The van der Waals surface area contributed by atoms with Gasteiger partial charge in [0.15, 0.2) is 30.8 Å². The molecule has 0 aliphatic carbocycles. The average Bonchev–Trinajstić information content (AvgIpc) is 3.68. The second-order valence-electron chi connectivity index (χ2n) is 13.9. The SMILES string of the molecule is CCON=C(CC(=O)OC(C)(C)C)C(=O)NC1C(=O)N2C(C(=O)OCc3ccc(OC)cc3)=C(C[n+]3ccc(-c4c[nH]c(/C(C)=C\C(=O)NC#N)c4)cc3)CSC12. The van der Waals surface area contributed by atoms with E-state index in [0.717, 1.165) is 11.1 Å². The molecule has 16 nitrogen and oxygen atoms in total. The number of H-pyrrole nitrogens is 1. The van der Waals surface area contributed by atoms with Crippen LogP contribution in [0.25, 0.3) is 16.7 Å². The summed E-state index contributed by atoms with van der Waals surface area (Å²) in [5, 5.41) is 16.6. The van der Waals surface area contributed by atoms with Gasteiger partial charge < -0.3 is 29.3 Å². The molecule has 3 aromatic rings. The summed E-state index contributed by atoms with van der Waals surface area (Å²) < 4.78 is 18.2. The number of pyridine rings is 1. The third-order valence-corrected chi connectivity index (χ3v) is 9.93. The van der Waals surface area contributed by atoms with Gasteiger partial charge in [-0.2, -0.15) is 5.26 Å². The van der Waals surface area contributed by atoms with Gasteiger partial charge in [0.1, 0.15) is 41.7 Å². The summed E-state index contributed by atoms with van der Waals surface area (Å²) in [6.45, 7) is 8.87. The molecular formula is C40H44N7O9S+. The number of hydrogen-bond acceptors (Lipinski definition) is 12. The minimum atomic E-state index is -1.02. The Kier molecular flexibility index (Phi) is 13.5. The van der Waals surface area contributed by atoms with Gasteiger partial charge in [-0.25, -0.2) is 9.36 Å². The van der Waals surface area contributed by atoms with E-state index in [9.17, 15) is 24.0 Å². The maximum Gasteiger partial charge on any atom is 0.355 e. The van der Waals surface area contributed by atoms with Crippen LogP contribution in [0.15, 0.2) is 83.6 Å². The van der Waals surface area contributed by atoms with Crippen LogP contribution in [-0.2, 0) is 51.4 Å². The number of oxime groups is 1. The highest BCUT2D eigenvalue weighted by molar-refractivity contribution is 8.00. The number of nitrogens with one attached hydrogen (secondary N) is 3. The highest BCUT2D eigenvalue weighted by Crippen LogP contribution is 2.41. The molecule has 2 unspecified atom stereocenters. The Morgan fingerprint density at radius 1 is 1.12 bits per heavy atom. The predicted octanol–water partition coefficient (Wildman–Crippen LogP) is 3.50. The van der Waals surface area contributed by atoms with Gasteiger partial charge in [-0.1, -0.05) is 17.3 Å². The summed E-state index contributed by atoms with van der Waals surface area (Å²) in [7, 11) is 1.55. The first-order valence-electron chi connectivity index (χ1n) is 17.9. The number of amides is 3. The second kappa shape index (κ2) is 18.5. The molecule has 4 heterocycles. The summed E-state index contributed by atoms with van der Waals surface area (Å²) in [5.41, 5.74) is 3.50. The Labute approximate surface area is 333 Å². The van der Waals surface area contributed by atoms with E-state index < -0.39 is 53.1 Å². The van der Waals surface area contributed by atoms with Gasteiger partial charge in [0, 0.05) is 47.0 Å². The fraction of sp³-hybridized carbons (Fsp3) is 0.350. The Morgan fingerprint density at radius 3 is 2.49 bits per heavy atom. The third kappa shape index (κ3) is 10.7. The minimum Gasteiger partial charge on any atom is -0.497 e. The van der Waals surface area contributed by atoms with E-state index in [1.807, 2.05) is 35.2 Å². The van der Waals surface area contributed by atoms with Crippen molar-refractivity contribution in [2.45, 2.75) is 71.2 Å². The van der Waals surface area contributed by atoms with Gasteiger partial charge in [0.2, 0.25) is 0 Å². The number of nitriles is 1. The standard InChI is InChI=1S/C40H43N7O9S/c1-7-55-45-31(18-33(49)56-40(3,4)5)36(50)44-34-37(51)47-35(39(52)54-21-25-8-10-29(53-6)11-9-25)28(22-57-38(34)47)20-46-14-12-26(13-15-46)27-17-30(42-19-27)24(2)16-32(48)43-23-41/h8-17,19,34,38H,7,18,20-22H2,1-6H3,(H2,43,44,48,50)/p+1/b24-16-,45-31?. The molecule has 2 aromatic heterocycles. The van der Waals surface area contributed by atoms with Crippen LogP contribution in [0.5, 0.6) is 5.75 Å². The number of β-lactam (4-membered cyclic amide) rings is 1. The van der Waals surface area contributed by atoms with Gasteiger partial charge in [-0.05, 0) is 69.5 Å². The van der Waals surface area contributed by atoms with Crippen molar-refractivity contribution in [1.82, 2.24) is 20.5 Å². The van der Waals surface area contributed by atoms with Crippen LogP contribution in [0.2, 0.25) is 0 Å². The molecule has 57 heavy (non-hydrogen) atoms. The molecule has 17 heteroatoms. The molecule has 1 fully saturated rings. The molecule has 2 atom stereocenters. The van der Waals surface area contributed by atoms with E-state index in [1.165, 1.54) is 22.7 Å². The number of thioether (sulfide) groups is 1. The van der Waals surface area contributed by atoms with E-state index >= 15 is 0 Å². The smallest absolute Gasteiger partial charge is 0.355 e. The van der Waals surface area contributed by atoms with Crippen LogP contribution in [0.3, 0.4) is 0 Å². The number of esters is 2. The fourth-order valence-corrected chi connectivity index (χ4v) is 7.23. The van der Waals surface area contributed by atoms with E-state index in [4.69, 9.17) is 24.3 Å². The lowest BCUT2D eigenvalue weighted by Gasteiger charge is -2.49. The van der Waals surface area contributed by atoms with Crippen molar-refractivity contribution in [2.75, 3.05) is 19.5 Å². The highest BCUT2D eigenvalue weighted by atomic mass is 32.2. The van der Waals surface area contributed by atoms with Crippen molar-refractivity contribution < 1.29 is 47.6 Å². The molecule has 3 N–H and O–H groups in total. The molecule has 298 valence electrons. The lowest BCUT2D eigenvalue weighted by atomic mass is 10.0. The highest BCUT2D eigenvalue weighted by Gasteiger charge is 2.55. The van der Waals surface area contributed by atoms with Crippen LogP contribution < -0.4 is 19.9 Å². The number of methoxy groups -OCH3 is 1. The maximum atomic E-state index is 13.9. The lowest BCUT2D eigenvalue weighted by Crippen LogP contribution is -2.71. The van der Waals surface area contributed by atoms with Crippen LogP contribution in [-0.4, -0.2) is 81.7 Å². The molecule has 1 aromatic carbocycles. The van der Waals surface area contributed by atoms with Gasteiger partial charge in [-0.15, -0.1) is 11.8 Å². The van der Waals surface area contributed by atoms with Crippen LogP contribution in [0.1, 0.15) is 52.3 Å². The summed E-state index contributed by atoms with van der Waals surface area (Å²) in [6.07, 6.45) is 7.96. The Balaban J connectivity index is 1.36. The number of fused-ring (bicyclic) bond motifs is 1. The largest absolute Gasteiger partial charge is 0.497 e. The van der Waals surface area contributed by atoms with Crippen molar-refractivity contribution in [2.24, 2.45) is 5.16 Å². The van der Waals surface area contributed by atoms with Crippen molar-refractivity contribution in [3.05, 3.63) is 89.7 Å². The number of rotatable bonds is 15. The molecule has 5 rings (SSSR count). The van der Waals surface area contributed by atoms with Gasteiger partial charge in [0.05, 0.1) is 13.5 Å². The first kappa shape index (κ1) is 41.7. The molecule has 2 aliphatic heterocycles. The average molecular weight is 799 g/mol. The van der Waals surface area contributed by atoms with Crippen LogP contribution >= 0.6 is 11.8 Å². The topological polar surface area (TPSA) is 205 Å². The molecule has 3 amide bonds. The molecule has 1 saturated heterocycles. The second-order valence-corrected chi connectivity index (χ2v) is 15.1. The fourth-order valence-electron chi connectivity index (χ4n) is 5.90. The number of benzene rings is 1. The number of carbonyl (C=O) groups is 5. The summed E-state index contributed by atoms with van der Waals surface area (Å²) >= 11 is 1.38. The molecule has 0 radical (unpaired) electrons. The maximum absolute atomic E-state index is 13.9. The number of carbonyl (C=O) groups excluding carboxylic acids is 5. The van der Waals surface area contributed by atoms with Gasteiger partial charge >= 0.3 is 11.9 Å². The van der Waals surface area contributed by atoms with Crippen LogP contribution in [0.4, 0.5) is 0 Å². The Hall–Kier alpha value is -6.41. The van der Waals surface area contributed by atoms with E-state index in [-0.39, 0.29) is 31.2 Å². The predicted molar refractivity (Wildman–Crippen MR) is 208 cm³/mol. The number of allylic oxidation sites excluding steroid dienone is 1. The molecule has 0 bridgehead atoms. The first-order valence-corrected chi connectivity index (χ1v) is 19.0. The lowest BCUT2D eigenvalue weighted by molar-refractivity contribution is -0.689. The minimum absolute atomic E-state index is 0.0559. The van der Waals surface area contributed by atoms with Gasteiger partial charge in [0.25, 0.3) is 17.7 Å².